The number of benzene rings is 1. The lowest BCUT2D eigenvalue weighted by molar-refractivity contribution is -0.132. The Morgan fingerprint density at radius 2 is 1.96 bits per heavy atom. The van der Waals surface area contributed by atoms with Gasteiger partial charge in [-0.1, -0.05) is 18.2 Å². The van der Waals surface area contributed by atoms with Gasteiger partial charge in [0.15, 0.2) is 0 Å². The Hall–Kier alpha value is -3.29. The van der Waals surface area contributed by atoms with Crippen LogP contribution in [0.25, 0.3) is 10.8 Å². The molecule has 138 valence electrons. The van der Waals surface area contributed by atoms with E-state index in [4.69, 9.17) is 0 Å². The number of amides is 1. The molecule has 2 aromatic heterocycles. The molecule has 0 saturated heterocycles. The molecule has 0 bridgehead atoms. The number of H-pyrrole nitrogens is 1. The fraction of sp³-hybridized carbons (Fsp3) is 0.316. The topological polar surface area (TPSA) is 101 Å². The van der Waals surface area contributed by atoms with Crippen molar-refractivity contribution in [1.82, 2.24) is 24.6 Å². The highest BCUT2D eigenvalue weighted by atomic mass is 16.2. The molecule has 0 spiro atoms. The standard InChI is InChI=1S/C19H19N5O3/c1-12-21-16-7-9-23(8-6-15(16)18(26)22-12)17(25)11-24-19(27)14-5-3-2-4-13(14)10-20-24/h2-5,10H,6-9,11H2,1H3,(H,21,22,26). The van der Waals surface area contributed by atoms with Crippen molar-refractivity contribution in [3.8, 4) is 0 Å². The molecule has 0 atom stereocenters. The largest absolute Gasteiger partial charge is 0.340 e. The van der Waals surface area contributed by atoms with Crippen LogP contribution in [0.1, 0.15) is 17.1 Å². The summed E-state index contributed by atoms with van der Waals surface area (Å²) < 4.78 is 1.19. The Labute approximate surface area is 154 Å². The molecule has 1 aliphatic rings. The minimum absolute atomic E-state index is 0.122. The lowest BCUT2D eigenvalue weighted by Gasteiger charge is -2.20. The van der Waals surface area contributed by atoms with Crippen molar-refractivity contribution in [1.29, 1.82) is 0 Å². The van der Waals surface area contributed by atoms with Crippen LogP contribution in [0, 0.1) is 6.92 Å². The highest BCUT2D eigenvalue weighted by Crippen LogP contribution is 2.11. The summed E-state index contributed by atoms with van der Waals surface area (Å²) in [5, 5.41) is 5.40. The smallest absolute Gasteiger partial charge is 0.275 e. The van der Waals surface area contributed by atoms with Gasteiger partial charge < -0.3 is 9.88 Å². The number of carbonyl (C=O) groups is 1. The fourth-order valence-electron chi connectivity index (χ4n) is 3.45. The lowest BCUT2D eigenvalue weighted by Crippen LogP contribution is -2.38. The molecule has 0 radical (unpaired) electrons. The molecule has 1 aromatic carbocycles. The van der Waals surface area contributed by atoms with E-state index < -0.39 is 0 Å². The number of aromatic nitrogens is 4. The van der Waals surface area contributed by atoms with E-state index in [1.165, 1.54) is 4.68 Å². The number of nitrogens with zero attached hydrogens (tertiary/aromatic N) is 4. The van der Waals surface area contributed by atoms with Gasteiger partial charge in [-0.3, -0.25) is 14.4 Å². The molecule has 27 heavy (non-hydrogen) atoms. The van der Waals surface area contributed by atoms with Crippen LogP contribution < -0.4 is 11.1 Å². The maximum Gasteiger partial charge on any atom is 0.275 e. The Balaban J connectivity index is 1.55. The van der Waals surface area contributed by atoms with Gasteiger partial charge in [0.2, 0.25) is 5.91 Å². The molecule has 8 nitrogen and oxygen atoms in total. The summed E-state index contributed by atoms with van der Waals surface area (Å²) in [5.74, 6) is 0.381. The zero-order valence-corrected chi connectivity index (χ0v) is 14.9. The van der Waals surface area contributed by atoms with E-state index in [1.54, 1.807) is 30.2 Å². The van der Waals surface area contributed by atoms with Gasteiger partial charge in [0.05, 0.1) is 17.3 Å². The van der Waals surface area contributed by atoms with Gasteiger partial charge in [-0.2, -0.15) is 5.10 Å². The second-order valence-corrected chi connectivity index (χ2v) is 6.65. The molecule has 0 saturated carbocycles. The number of aromatic amines is 1. The Morgan fingerprint density at radius 3 is 2.81 bits per heavy atom. The third-order valence-electron chi connectivity index (χ3n) is 4.87. The number of carbonyl (C=O) groups excluding carboxylic acids is 1. The quantitative estimate of drug-likeness (QED) is 0.709. The van der Waals surface area contributed by atoms with Crippen molar-refractivity contribution in [3.05, 3.63) is 68.3 Å². The van der Waals surface area contributed by atoms with E-state index in [9.17, 15) is 14.4 Å². The summed E-state index contributed by atoms with van der Waals surface area (Å²) in [6.07, 6.45) is 2.56. The van der Waals surface area contributed by atoms with Crippen molar-refractivity contribution in [3.63, 3.8) is 0 Å². The SMILES string of the molecule is Cc1nc2c(c(=O)[nH]1)CCN(C(=O)Cn1ncc3ccccc3c1=O)CC2. The molecule has 0 unspecified atom stereocenters. The Bertz CT molecular complexity index is 1150. The normalized spacial score (nSPS) is 14.0. The first kappa shape index (κ1) is 17.1. The average molecular weight is 365 g/mol. The molecule has 8 heteroatoms. The molecule has 0 fully saturated rings. The summed E-state index contributed by atoms with van der Waals surface area (Å²) in [5.41, 5.74) is 0.956. The number of hydrogen-bond donors (Lipinski definition) is 1. The van der Waals surface area contributed by atoms with Gasteiger partial charge in [0.1, 0.15) is 12.4 Å². The van der Waals surface area contributed by atoms with Crippen LogP contribution in [-0.4, -0.2) is 43.6 Å². The summed E-state index contributed by atoms with van der Waals surface area (Å²) in [4.78, 5) is 46.2. The van der Waals surface area contributed by atoms with E-state index in [-0.39, 0.29) is 23.6 Å². The highest BCUT2D eigenvalue weighted by molar-refractivity contribution is 5.81. The summed E-state index contributed by atoms with van der Waals surface area (Å²) in [7, 11) is 0. The van der Waals surface area contributed by atoms with Crippen LogP contribution in [0.5, 0.6) is 0 Å². The molecule has 4 rings (SSSR count). The lowest BCUT2D eigenvalue weighted by atomic mass is 10.1. The van der Waals surface area contributed by atoms with Crippen LogP contribution in [-0.2, 0) is 24.2 Å². The average Bonchev–Trinajstić information content (AvgIpc) is 2.87. The number of hydrogen-bond acceptors (Lipinski definition) is 5. The summed E-state index contributed by atoms with van der Waals surface area (Å²) >= 11 is 0. The van der Waals surface area contributed by atoms with E-state index in [0.29, 0.717) is 42.7 Å². The molecular weight excluding hydrogens is 346 g/mol. The first-order valence-corrected chi connectivity index (χ1v) is 8.84. The molecule has 3 aromatic rings. The number of nitrogens with one attached hydrogen (secondary N) is 1. The van der Waals surface area contributed by atoms with Crippen molar-refractivity contribution in [2.24, 2.45) is 0 Å². The minimum atomic E-state index is -0.284. The zero-order chi connectivity index (χ0) is 19.0. The third-order valence-corrected chi connectivity index (χ3v) is 4.87. The fourth-order valence-corrected chi connectivity index (χ4v) is 3.45. The Kier molecular flexibility index (Phi) is 4.31. The van der Waals surface area contributed by atoms with Crippen LogP contribution in [0.4, 0.5) is 0 Å². The van der Waals surface area contributed by atoms with Crippen LogP contribution in [0.3, 0.4) is 0 Å². The van der Waals surface area contributed by atoms with Gasteiger partial charge in [-0.25, -0.2) is 9.67 Å². The maximum atomic E-state index is 12.7. The highest BCUT2D eigenvalue weighted by Gasteiger charge is 2.22. The Morgan fingerprint density at radius 1 is 1.19 bits per heavy atom. The van der Waals surface area contributed by atoms with Crippen LogP contribution in [0.15, 0.2) is 40.1 Å². The van der Waals surface area contributed by atoms with Gasteiger partial charge in [-0.15, -0.1) is 0 Å². The van der Waals surface area contributed by atoms with E-state index in [0.717, 1.165) is 11.1 Å². The van der Waals surface area contributed by atoms with E-state index in [2.05, 4.69) is 15.1 Å². The van der Waals surface area contributed by atoms with Crippen LogP contribution in [0.2, 0.25) is 0 Å². The minimum Gasteiger partial charge on any atom is -0.340 e. The molecule has 1 N–H and O–H groups in total. The number of aryl methyl sites for hydroxylation is 1. The first-order valence-electron chi connectivity index (χ1n) is 8.84. The molecule has 1 aliphatic heterocycles. The molecular formula is C19H19N5O3. The van der Waals surface area contributed by atoms with Gasteiger partial charge in [0.25, 0.3) is 11.1 Å². The molecule has 1 amide bonds. The number of fused-ring (bicyclic) bond motifs is 2. The summed E-state index contributed by atoms with van der Waals surface area (Å²) in [6, 6.07) is 7.16. The predicted octanol–water partition coefficient (Wildman–Crippen LogP) is 0.416. The molecule has 3 heterocycles. The van der Waals surface area contributed by atoms with Gasteiger partial charge in [0, 0.05) is 30.5 Å². The number of rotatable bonds is 2. The maximum absolute atomic E-state index is 12.7. The monoisotopic (exact) mass is 365 g/mol. The third kappa shape index (κ3) is 3.25. The van der Waals surface area contributed by atoms with E-state index in [1.807, 2.05) is 12.1 Å². The first-order chi connectivity index (χ1) is 13.0. The summed E-state index contributed by atoms with van der Waals surface area (Å²) in [6.45, 7) is 2.50. The second-order valence-electron chi connectivity index (χ2n) is 6.65. The van der Waals surface area contributed by atoms with Crippen molar-refractivity contribution in [2.45, 2.75) is 26.3 Å². The van der Waals surface area contributed by atoms with E-state index >= 15 is 0 Å². The molecule has 0 aliphatic carbocycles. The zero-order valence-electron chi connectivity index (χ0n) is 14.9. The van der Waals surface area contributed by atoms with Gasteiger partial charge in [-0.05, 0) is 19.4 Å². The second kappa shape index (κ2) is 6.79. The van der Waals surface area contributed by atoms with Gasteiger partial charge >= 0.3 is 0 Å². The van der Waals surface area contributed by atoms with Crippen molar-refractivity contribution < 1.29 is 4.79 Å². The van der Waals surface area contributed by atoms with Crippen molar-refractivity contribution in [2.75, 3.05) is 13.1 Å². The predicted molar refractivity (Wildman–Crippen MR) is 99.6 cm³/mol. The van der Waals surface area contributed by atoms with Crippen molar-refractivity contribution >= 4 is 16.7 Å². The van der Waals surface area contributed by atoms with Crippen LogP contribution >= 0.6 is 0 Å².